The summed E-state index contributed by atoms with van der Waals surface area (Å²) in [6.07, 6.45) is 4.34. The number of benzene rings is 1. The molecule has 21 heavy (non-hydrogen) atoms. The van der Waals surface area contributed by atoms with Crippen LogP contribution in [0.25, 0.3) is 0 Å². The van der Waals surface area contributed by atoms with Crippen molar-refractivity contribution in [3.05, 3.63) is 59.9 Å². The van der Waals surface area contributed by atoms with E-state index < -0.39 is 0 Å². The molecule has 0 aliphatic heterocycles. The number of carbonyl (C=O) groups excluding carboxylic acids is 1. The lowest BCUT2D eigenvalue weighted by Crippen LogP contribution is -2.23. The third-order valence-electron chi connectivity index (χ3n) is 3.32. The highest BCUT2D eigenvalue weighted by atomic mass is 16.1. The van der Waals surface area contributed by atoms with Crippen LogP contribution in [0.2, 0.25) is 0 Å². The predicted octanol–water partition coefficient (Wildman–Crippen LogP) is 3.22. The summed E-state index contributed by atoms with van der Waals surface area (Å²) in [4.78, 5) is 16.3. The maximum atomic E-state index is 12.1. The van der Waals surface area contributed by atoms with E-state index in [0.29, 0.717) is 18.2 Å². The van der Waals surface area contributed by atoms with Crippen LogP contribution >= 0.6 is 0 Å². The van der Waals surface area contributed by atoms with Gasteiger partial charge in [0.1, 0.15) is 0 Å². The van der Waals surface area contributed by atoms with E-state index in [1.54, 1.807) is 12.4 Å². The highest BCUT2D eigenvalue weighted by molar-refractivity contribution is 5.94. The first kappa shape index (κ1) is 15.0. The summed E-state index contributed by atoms with van der Waals surface area (Å²) in [7, 11) is 0. The van der Waals surface area contributed by atoms with E-state index in [0.717, 1.165) is 17.7 Å². The van der Waals surface area contributed by atoms with Crippen molar-refractivity contribution in [2.45, 2.75) is 32.9 Å². The van der Waals surface area contributed by atoms with Gasteiger partial charge in [0.2, 0.25) is 0 Å². The number of rotatable bonds is 6. The van der Waals surface area contributed by atoms with Crippen molar-refractivity contribution >= 4 is 11.6 Å². The van der Waals surface area contributed by atoms with Crippen molar-refractivity contribution in [2.24, 2.45) is 0 Å². The molecule has 1 unspecified atom stereocenters. The Labute approximate surface area is 125 Å². The molecule has 2 rings (SSSR count). The number of hydrogen-bond donors (Lipinski definition) is 2. The molecule has 2 aromatic rings. The number of pyridine rings is 1. The van der Waals surface area contributed by atoms with Crippen LogP contribution in [0.1, 0.15) is 36.2 Å². The van der Waals surface area contributed by atoms with Crippen molar-refractivity contribution in [3.63, 3.8) is 0 Å². The van der Waals surface area contributed by atoms with Crippen molar-refractivity contribution in [2.75, 3.05) is 5.32 Å². The molecule has 1 atom stereocenters. The van der Waals surface area contributed by atoms with Crippen LogP contribution in [0.15, 0.2) is 48.8 Å². The van der Waals surface area contributed by atoms with Crippen LogP contribution in [-0.2, 0) is 6.54 Å². The first-order valence-electron chi connectivity index (χ1n) is 7.22. The summed E-state index contributed by atoms with van der Waals surface area (Å²) < 4.78 is 0. The van der Waals surface area contributed by atoms with E-state index in [2.05, 4.69) is 29.5 Å². The van der Waals surface area contributed by atoms with Gasteiger partial charge in [-0.3, -0.25) is 9.78 Å². The Morgan fingerprint density at radius 3 is 2.71 bits per heavy atom. The highest BCUT2D eigenvalue weighted by Gasteiger charge is 2.07. The number of carbonyl (C=O) groups is 1. The van der Waals surface area contributed by atoms with Crippen LogP contribution in [-0.4, -0.2) is 16.9 Å². The Morgan fingerprint density at radius 2 is 2.00 bits per heavy atom. The lowest BCUT2D eigenvalue weighted by molar-refractivity contribution is 0.0950. The first-order chi connectivity index (χ1) is 10.2. The summed E-state index contributed by atoms with van der Waals surface area (Å²) >= 11 is 0. The van der Waals surface area contributed by atoms with Gasteiger partial charge in [-0.2, -0.15) is 0 Å². The molecule has 0 fully saturated rings. The lowest BCUT2D eigenvalue weighted by atomic mass is 10.2. The Bertz CT molecular complexity index is 584. The molecule has 0 aliphatic rings. The van der Waals surface area contributed by atoms with E-state index in [9.17, 15) is 4.79 Å². The molecule has 0 spiro atoms. The molecular formula is C17H21N3O. The minimum absolute atomic E-state index is 0.112. The minimum Gasteiger partial charge on any atom is -0.381 e. The van der Waals surface area contributed by atoms with Gasteiger partial charge in [-0.15, -0.1) is 0 Å². The normalized spacial score (nSPS) is 11.7. The fourth-order valence-electron chi connectivity index (χ4n) is 1.91. The standard InChI is InChI=1S/C17H21N3O/c1-3-13(2)20-16-9-15(11-18-12-16)17(21)19-10-14-7-5-4-6-8-14/h4-9,11-13,20H,3,10H2,1-2H3,(H,19,21). The zero-order valence-electron chi connectivity index (χ0n) is 12.5. The van der Waals surface area contributed by atoms with Crippen LogP contribution < -0.4 is 10.6 Å². The van der Waals surface area contributed by atoms with Crippen molar-refractivity contribution in [1.82, 2.24) is 10.3 Å². The fourth-order valence-corrected chi connectivity index (χ4v) is 1.91. The molecule has 0 radical (unpaired) electrons. The number of anilines is 1. The highest BCUT2D eigenvalue weighted by Crippen LogP contribution is 2.11. The summed E-state index contributed by atoms with van der Waals surface area (Å²) in [6.45, 7) is 4.73. The summed E-state index contributed by atoms with van der Waals surface area (Å²) in [5.41, 5.74) is 2.52. The van der Waals surface area contributed by atoms with Crippen molar-refractivity contribution in [1.29, 1.82) is 0 Å². The summed E-state index contributed by atoms with van der Waals surface area (Å²) in [5, 5.41) is 6.22. The first-order valence-corrected chi connectivity index (χ1v) is 7.22. The van der Waals surface area contributed by atoms with Crippen molar-refractivity contribution in [3.8, 4) is 0 Å². The van der Waals surface area contributed by atoms with Gasteiger partial charge in [0, 0.05) is 25.0 Å². The third-order valence-corrected chi connectivity index (χ3v) is 3.32. The number of amides is 1. The molecule has 1 amide bonds. The second-order valence-electron chi connectivity index (χ2n) is 5.08. The molecule has 2 N–H and O–H groups in total. The maximum Gasteiger partial charge on any atom is 0.253 e. The second kappa shape index (κ2) is 7.43. The summed E-state index contributed by atoms with van der Waals surface area (Å²) in [6, 6.07) is 12.0. The van der Waals surface area contributed by atoms with Gasteiger partial charge in [0.25, 0.3) is 5.91 Å². The van der Waals surface area contributed by atoms with Crippen LogP contribution in [0, 0.1) is 0 Å². The van der Waals surface area contributed by atoms with Gasteiger partial charge < -0.3 is 10.6 Å². The van der Waals surface area contributed by atoms with Gasteiger partial charge in [-0.1, -0.05) is 37.3 Å². The molecule has 0 saturated carbocycles. The number of aromatic nitrogens is 1. The predicted molar refractivity (Wildman–Crippen MR) is 85.2 cm³/mol. The smallest absolute Gasteiger partial charge is 0.253 e. The molecule has 1 aromatic heterocycles. The molecular weight excluding hydrogens is 262 g/mol. The third kappa shape index (κ3) is 4.60. The Morgan fingerprint density at radius 1 is 1.24 bits per heavy atom. The zero-order chi connectivity index (χ0) is 15.1. The Hall–Kier alpha value is -2.36. The van der Waals surface area contributed by atoms with E-state index in [4.69, 9.17) is 0 Å². The molecule has 0 saturated heterocycles. The summed E-state index contributed by atoms with van der Waals surface area (Å²) in [5.74, 6) is -0.112. The number of nitrogens with one attached hydrogen (secondary N) is 2. The number of hydrogen-bond acceptors (Lipinski definition) is 3. The van der Waals surface area contributed by atoms with E-state index >= 15 is 0 Å². The van der Waals surface area contributed by atoms with Crippen LogP contribution in [0.5, 0.6) is 0 Å². The molecule has 0 bridgehead atoms. The van der Waals surface area contributed by atoms with Crippen molar-refractivity contribution < 1.29 is 4.79 Å². The molecule has 0 aliphatic carbocycles. The van der Waals surface area contributed by atoms with Gasteiger partial charge in [0.15, 0.2) is 0 Å². The minimum atomic E-state index is -0.112. The quantitative estimate of drug-likeness (QED) is 0.856. The van der Waals surface area contributed by atoms with Crippen LogP contribution in [0.3, 0.4) is 0 Å². The van der Waals surface area contributed by atoms with E-state index in [1.807, 2.05) is 36.4 Å². The maximum absolute atomic E-state index is 12.1. The SMILES string of the molecule is CCC(C)Nc1cncc(C(=O)NCc2ccccc2)c1. The molecule has 1 aromatic carbocycles. The largest absolute Gasteiger partial charge is 0.381 e. The zero-order valence-corrected chi connectivity index (χ0v) is 12.5. The monoisotopic (exact) mass is 283 g/mol. The molecule has 1 heterocycles. The average Bonchev–Trinajstić information content (AvgIpc) is 2.53. The molecule has 4 nitrogen and oxygen atoms in total. The van der Waals surface area contributed by atoms with E-state index in [-0.39, 0.29) is 5.91 Å². The Kier molecular flexibility index (Phi) is 5.32. The van der Waals surface area contributed by atoms with Gasteiger partial charge in [-0.05, 0) is 25.0 Å². The molecule has 4 heteroatoms. The van der Waals surface area contributed by atoms with E-state index in [1.165, 1.54) is 0 Å². The van der Waals surface area contributed by atoms with Crippen LogP contribution in [0.4, 0.5) is 5.69 Å². The van der Waals surface area contributed by atoms with Gasteiger partial charge in [-0.25, -0.2) is 0 Å². The second-order valence-corrected chi connectivity index (χ2v) is 5.08. The van der Waals surface area contributed by atoms with Gasteiger partial charge in [0.05, 0.1) is 11.3 Å². The Balaban J connectivity index is 1.97. The lowest BCUT2D eigenvalue weighted by Gasteiger charge is -2.13. The van der Waals surface area contributed by atoms with Gasteiger partial charge >= 0.3 is 0 Å². The number of nitrogens with zero attached hydrogens (tertiary/aromatic N) is 1. The molecule has 110 valence electrons. The topological polar surface area (TPSA) is 54.0 Å². The fraction of sp³-hybridized carbons (Fsp3) is 0.294. The average molecular weight is 283 g/mol.